The number of rotatable bonds is 4. The summed E-state index contributed by atoms with van der Waals surface area (Å²) in [5.41, 5.74) is -5.22. The molecule has 1 heterocycles. The van der Waals surface area contributed by atoms with Gasteiger partial charge in [0.15, 0.2) is 5.76 Å². The van der Waals surface area contributed by atoms with Crippen molar-refractivity contribution in [1.29, 1.82) is 0 Å². The largest absolute Gasteiger partial charge is 0.508 e. The topological polar surface area (TPSA) is 129 Å². The molecule has 9 heteroatoms. The number of aromatic hydroxyl groups is 1. The SMILES string of the molecule is COC(=O)C1(O)C(OC)=C(OC)C(=O)C12OC(c1ccc(O)cc1)=CC2=O. The van der Waals surface area contributed by atoms with Gasteiger partial charge in [0.05, 0.1) is 21.3 Å². The first-order chi connectivity index (χ1) is 12.8. The normalized spacial score (nSPS) is 26.9. The summed E-state index contributed by atoms with van der Waals surface area (Å²) in [5.74, 6) is -4.60. The zero-order chi connectivity index (χ0) is 20.0. The van der Waals surface area contributed by atoms with Crippen LogP contribution in [0.5, 0.6) is 5.75 Å². The summed E-state index contributed by atoms with van der Waals surface area (Å²) in [5, 5.41) is 20.5. The molecule has 1 spiro atoms. The Labute approximate surface area is 153 Å². The van der Waals surface area contributed by atoms with Gasteiger partial charge < -0.3 is 29.2 Å². The molecule has 2 unspecified atom stereocenters. The highest BCUT2D eigenvalue weighted by Crippen LogP contribution is 2.50. The maximum atomic E-state index is 13.0. The van der Waals surface area contributed by atoms with Crippen molar-refractivity contribution in [2.75, 3.05) is 21.3 Å². The van der Waals surface area contributed by atoms with Gasteiger partial charge in [-0.05, 0) is 24.3 Å². The number of esters is 1. The van der Waals surface area contributed by atoms with Crippen molar-refractivity contribution in [3.05, 3.63) is 47.4 Å². The van der Waals surface area contributed by atoms with Crippen LogP contribution in [-0.4, -0.2) is 60.3 Å². The van der Waals surface area contributed by atoms with Gasteiger partial charge in [-0.2, -0.15) is 0 Å². The van der Waals surface area contributed by atoms with Crippen molar-refractivity contribution < 1.29 is 43.5 Å². The molecule has 0 amide bonds. The number of ketones is 2. The highest BCUT2D eigenvalue weighted by molar-refractivity contribution is 6.30. The second-order valence-electron chi connectivity index (χ2n) is 5.80. The van der Waals surface area contributed by atoms with Crippen molar-refractivity contribution >= 4 is 23.3 Å². The lowest BCUT2D eigenvalue weighted by molar-refractivity contribution is -0.188. The van der Waals surface area contributed by atoms with E-state index in [0.29, 0.717) is 5.56 Å². The Morgan fingerprint density at radius 3 is 2.22 bits per heavy atom. The highest BCUT2D eigenvalue weighted by Gasteiger charge is 2.78. The first-order valence-electron chi connectivity index (χ1n) is 7.70. The minimum absolute atomic E-state index is 0.0219. The van der Waals surface area contributed by atoms with E-state index in [2.05, 4.69) is 4.74 Å². The number of methoxy groups -OCH3 is 3. The minimum atomic E-state index is -2.88. The van der Waals surface area contributed by atoms with Crippen LogP contribution < -0.4 is 0 Å². The summed E-state index contributed by atoms with van der Waals surface area (Å²) < 4.78 is 20.2. The van der Waals surface area contributed by atoms with E-state index in [-0.39, 0.29) is 11.5 Å². The quantitative estimate of drug-likeness (QED) is 0.554. The number of hydrogen-bond acceptors (Lipinski definition) is 9. The number of phenolic OH excluding ortho intramolecular Hbond substituents is 1. The lowest BCUT2D eigenvalue weighted by Gasteiger charge is -2.34. The molecule has 0 aromatic heterocycles. The minimum Gasteiger partial charge on any atom is -0.508 e. The molecule has 0 fully saturated rings. The Balaban J connectivity index is 2.17. The molecule has 142 valence electrons. The number of phenols is 1. The molecule has 1 aromatic rings. The first-order valence-corrected chi connectivity index (χ1v) is 7.70. The molecule has 1 aromatic carbocycles. The average Bonchev–Trinajstić information content (AvgIpc) is 3.11. The van der Waals surface area contributed by atoms with Crippen molar-refractivity contribution in [3.63, 3.8) is 0 Å². The summed E-state index contributed by atoms with van der Waals surface area (Å²) in [7, 11) is 3.20. The molecule has 0 saturated carbocycles. The number of aliphatic hydroxyl groups is 1. The van der Waals surface area contributed by atoms with Gasteiger partial charge in [0.2, 0.25) is 11.5 Å². The third-order valence-corrected chi connectivity index (χ3v) is 4.48. The molecule has 27 heavy (non-hydrogen) atoms. The zero-order valence-corrected chi connectivity index (χ0v) is 14.6. The van der Waals surface area contributed by atoms with Crippen molar-refractivity contribution in [1.82, 2.24) is 0 Å². The fraction of sp³-hybridized carbons (Fsp3) is 0.278. The third kappa shape index (κ3) is 2.18. The van der Waals surface area contributed by atoms with E-state index >= 15 is 0 Å². The van der Waals surface area contributed by atoms with E-state index in [0.717, 1.165) is 27.4 Å². The fourth-order valence-electron chi connectivity index (χ4n) is 3.21. The molecule has 3 rings (SSSR count). The van der Waals surface area contributed by atoms with Crippen LogP contribution >= 0.6 is 0 Å². The lowest BCUT2D eigenvalue weighted by Crippen LogP contribution is -2.65. The fourth-order valence-corrected chi connectivity index (χ4v) is 3.21. The van der Waals surface area contributed by atoms with Crippen molar-refractivity contribution in [2.45, 2.75) is 11.2 Å². The monoisotopic (exact) mass is 376 g/mol. The Hall–Kier alpha value is -3.33. The molecular formula is C18H16O9. The van der Waals surface area contributed by atoms with E-state index in [1.165, 1.54) is 24.3 Å². The van der Waals surface area contributed by atoms with Crippen LogP contribution in [0.1, 0.15) is 5.56 Å². The van der Waals surface area contributed by atoms with E-state index in [1.54, 1.807) is 0 Å². The lowest BCUT2D eigenvalue weighted by atomic mass is 9.81. The molecule has 2 atom stereocenters. The zero-order valence-electron chi connectivity index (χ0n) is 14.6. The maximum Gasteiger partial charge on any atom is 0.351 e. The van der Waals surface area contributed by atoms with Crippen LogP contribution in [0.15, 0.2) is 41.9 Å². The molecule has 1 aliphatic heterocycles. The summed E-state index contributed by atoms with van der Waals surface area (Å²) in [6.45, 7) is 0. The second kappa shape index (κ2) is 6.13. The van der Waals surface area contributed by atoms with Crippen LogP contribution in [0.4, 0.5) is 0 Å². The predicted octanol–water partition coefficient (Wildman–Crippen LogP) is 0.0624. The standard InChI is InChI=1S/C18H16O9/c1-24-13-14(21)18(17(23,15(13)25-2)16(22)26-3)12(20)8-11(27-18)9-4-6-10(19)7-5-9/h4-8,19,23H,1-3H3. The first kappa shape index (κ1) is 18.5. The van der Waals surface area contributed by atoms with Gasteiger partial charge in [-0.25, -0.2) is 4.79 Å². The predicted molar refractivity (Wildman–Crippen MR) is 87.9 cm³/mol. The summed E-state index contributed by atoms with van der Waals surface area (Å²) in [4.78, 5) is 38.2. The van der Waals surface area contributed by atoms with Crippen molar-refractivity contribution in [2.24, 2.45) is 0 Å². The molecule has 1 aliphatic carbocycles. The molecule has 0 saturated heterocycles. The Morgan fingerprint density at radius 1 is 1.07 bits per heavy atom. The molecule has 9 nitrogen and oxygen atoms in total. The highest BCUT2D eigenvalue weighted by atomic mass is 16.6. The maximum absolute atomic E-state index is 13.0. The van der Waals surface area contributed by atoms with Crippen LogP contribution in [0, 0.1) is 0 Å². The van der Waals surface area contributed by atoms with E-state index in [4.69, 9.17) is 14.2 Å². The summed E-state index contributed by atoms with van der Waals surface area (Å²) in [6, 6.07) is 5.56. The molecular weight excluding hydrogens is 360 g/mol. The number of hydrogen-bond donors (Lipinski definition) is 2. The molecule has 2 aliphatic rings. The van der Waals surface area contributed by atoms with Crippen LogP contribution in [0.25, 0.3) is 5.76 Å². The van der Waals surface area contributed by atoms with Crippen LogP contribution in [0.2, 0.25) is 0 Å². The Kier molecular flexibility index (Phi) is 4.19. The number of carbonyl (C=O) groups is 3. The molecule has 2 N–H and O–H groups in total. The summed E-state index contributed by atoms with van der Waals surface area (Å²) in [6.07, 6.45) is 0.976. The second-order valence-corrected chi connectivity index (χ2v) is 5.80. The molecule has 0 bridgehead atoms. The van der Waals surface area contributed by atoms with E-state index < -0.39 is 40.3 Å². The van der Waals surface area contributed by atoms with Crippen LogP contribution in [-0.2, 0) is 33.3 Å². The van der Waals surface area contributed by atoms with Crippen molar-refractivity contribution in [3.8, 4) is 5.75 Å². The third-order valence-electron chi connectivity index (χ3n) is 4.48. The van der Waals surface area contributed by atoms with Gasteiger partial charge in [-0.3, -0.25) is 9.59 Å². The van der Waals surface area contributed by atoms with Gasteiger partial charge in [0.1, 0.15) is 11.5 Å². The number of carbonyl (C=O) groups excluding carboxylic acids is 3. The van der Waals surface area contributed by atoms with Gasteiger partial charge >= 0.3 is 5.97 Å². The van der Waals surface area contributed by atoms with Gasteiger partial charge in [0, 0.05) is 11.6 Å². The average molecular weight is 376 g/mol. The number of ether oxygens (including phenoxy) is 4. The summed E-state index contributed by atoms with van der Waals surface area (Å²) >= 11 is 0. The smallest absolute Gasteiger partial charge is 0.351 e. The van der Waals surface area contributed by atoms with Gasteiger partial charge in [-0.1, -0.05) is 0 Å². The molecule has 0 radical (unpaired) electrons. The Bertz CT molecular complexity index is 896. The van der Waals surface area contributed by atoms with Gasteiger partial charge in [0.25, 0.3) is 17.0 Å². The number of Topliss-reactive ketones (excluding diaryl/α,β-unsaturated/α-hetero) is 1. The number of benzene rings is 1. The van der Waals surface area contributed by atoms with E-state index in [9.17, 15) is 24.6 Å². The van der Waals surface area contributed by atoms with Crippen LogP contribution in [0.3, 0.4) is 0 Å². The van der Waals surface area contributed by atoms with Gasteiger partial charge in [-0.15, -0.1) is 0 Å². The van der Waals surface area contributed by atoms with E-state index in [1.807, 2.05) is 0 Å². The Morgan fingerprint density at radius 2 is 1.70 bits per heavy atom.